The summed E-state index contributed by atoms with van der Waals surface area (Å²) in [5.74, 6) is 0.608. The lowest BCUT2D eigenvalue weighted by Crippen LogP contribution is -2.42. The van der Waals surface area contributed by atoms with Gasteiger partial charge in [-0.3, -0.25) is 9.78 Å². The van der Waals surface area contributed by atoms with E-state index in [1.165, 1.54) is 0 Å². The molecule has 0 radical (unpaired) electrons. The van der Waals surface area contributed by atoms with Gasteiger partial charge in [-0.25, -0.2) is 9.97 Å². The fraction of sp³-hybridized carbons (Fsp3) is 0.263. The van der Waals surface area contributed by atoms with Crippen LogP contribution in [0, 0.1) is 6.92 Å². The van der Waals surface area contributed by atoms with Gasteiger partial charge in [0.05, 0.1) is 18.7 Å². The van der Waals surface area contributed by atoms with Crippen LogP contribution in [-0.2, 0) is 4.74 Å². The van der Waals surface area contributed by atoms with E-state index in [2.05, 4.69) is 15.0 Å². The molecule has 1 saturated heterocycles. The lowest BCUT2D eigenvalue weighted by atomic mass is 10.1. The summed E-state index contributed by atoms with van der Waals surface area (Å²) < 4.78 is 5.79. The number of carbonyl (C=O) groups is 1. The number of hydrogen-bond acceptors (Lipinski definition) is 5. The summed E-state index contributed by atoms with van der Waals surface area (Å²) in [7, 11) is 0. The first-order valence-corrected chi connectivity index (χ1v) is 8.26. The monoisotopic (exact) mass is 334 g/mol. The van der Waals surface area contributed by atoms with Gasteiger partial charge in [0, 0.05) is 35.6 Å². The number of aromatic nitrogens is 3. The van der Waals surface area contributed by atoms with Crippen molar-refractivity contribution >= 4 is 16.8 Å². The lowest BCUT2D eigenvalue weighted by molar-refractivity contribution is -0.0268. The summed E-state index contributed by atoms with van der Waals surface area (Å²) in [6, 6.07) is 11.2. The average molecular weight is 334 g/mol. The van der Waals surface area contributed by atoms with E-state index < -0.39 is 0 Å². The van der Waals surface area contributed by atoms with Crippen LogP contribution in [0.2, 0.25) is 0 Å². The van der Waals surface area contributed by atoms with Crippen molar-refractivity contribution in [1.29, 1.82) is 0 Å². The fourth-order valence-electron chi connectivity index (χ4n) is 3.07. The van der Waals surface area contributed by atoms with Gasteiger partial charge in [-0.2, -0.15) is 0 Å². The summed E-state index contributed by atoms with van der Waals surface area (Å²) in [5, 5.41) is 0.866. The zero-order valence-electron chi connectivity index (χ0n) is 13.9. The summed E-state index contributed by atoms with van der Waals surface area (Å²) in [5.41, 5.74) is 2.37. The first-order chi connectivity index (χ1) is 12.2. The molecule has 0 saturated carbocycles. The Bertz CT molecular complexity index is 923. The highest BCUT2D eigenvalue weighted by molar-refractivity contribution is 6.06. The number of pyridine rings is 1. The maximum atomic E-state index is 13.1. The number of nitrogens with zero attached hydrogens (tertiary/aromatic N) is 4. The molecule has 126 valence electrons. The molecule has 1 amide bonds. The van der Waals surface area contributed by atoms with E-state index in [1.54, 1.807) is 12.4 Å². The number of ether oxygens (including phenoxy) is 1. The van der Waals surface area contributed by atoms with Gasteiger partial charge in [0.1, 0.15) is 6.10 Å². The Labute approximate surface area is 145 Å². The van der Waals surface area contributed by atoms with Crippen molar-refractivity contribution in [3.63, 3.8) is 0 Å². The largest absolute Gasteiger partial charge is 0.367 e. The van der Waals surface area contributed by atoms with Crippen molar-refractivity contribution < 1.29 is 9.53 Å². The fourth-order valence-corrected chi connectivity index (χ4v) is 3.07. The molecule has 25 heavy (non-hydrogen) atoms. The molecule has 0 bridgehead atoms. The second-order valence-electron chi connectivity index (χ2n) is 6.04. The van der Waals surface area contributed by atoms with Gasteiger partial charge in [-0.15, -0.1) is 0 Å². The molecule has 4 rings (SSSR count). The molecule has 3 heterocycles. The molecule has 6 heteroatoms. The number of benzene rings is 1. The Kier molecular flexibility index (Phi) is 4.11. The number of hydrogen-bond donors (Lipinski definition) is 0. The van der Waals surface area contributed by atoms with E-state index in [-0.39, 0.29) is 12.0 Å². The maximum Gasteiger partial charge on any atom is 0.254 e. The minimum atomic E-state index is -0.300. The topological polar surface area (TPSA) is 68.2 Å². The predicted octanol–water partition coefficient (Wildman–Crippen LogP) is 2.55. The molecule has 6 nitrogen and oxygen atoms in total. The van der Waals surface area contributed by atoms with Crippen molar-refractivity contribution in [2.24, 2.45) is 0 Å². The van der Waals surface area contributed by atoms with Gasteiger partial charge < -0.3 is 9.64 Å². The third-order valence-electron chi connectivity index (χ3n) is 4.33. The molecular weight excluding hydrogens is 316 g/mol. The zero-order valence-corrected chi connectivity index (χ0v) is 13.9. The SMILES string of the molecule is Cc1ccnc([C@@H]2CN(C(=O)c3cccc4ncccc34)CCO2)n1. The second kappa shape index (κ2) is 6.57. The Balaban J connectivity index is 1.61. The smallest absolute Gasteiger partial charge is 0.254 e. The van der Waals surface area contributed by atoms with Crippen LogP contribution in [0.3, 0.4) is 0 Å². The standard InChI is InChI=1S/C19H18N4O2/c1-13-7-9-21-18(22-13)17-12-23(10-11-25-17)19(24)15-4-2-6-16-14(15)5-3-8-20-16/h2-9,17H,10-12H2,1H3/t17-/m0/s1. The van der Waals surface area contributed by atoms with E-state index in [1.807, 2.05) is 48.2 Å². The van der Waals surface area contributed by atoms with E-state index in [0.29, 0.717) is 31.1 Å². The Morgan fingerprint density at radius 2 is 2.08 bits per heavy atom. The van der Waals surface area contributed by atoms with Crippen LogP contribution in [0.5, 0.6) is 0 Å². The minimum Gasteiger partial charge on any atom is -0.367 e. The Morgan fingerprint density at radius 1 is 1.16 bits per heavy atom. The maximum absolute atomic E-state index is 13.1. The highest BCUT2D eigenvalue weighted by Gasteiger charge is 2.28. The third-order valence-corrected chi connectivity index (χ3v) is 4.33. The van der Waals surface area contributed by atoms with Crippen LogP contribution in [0.25, 0.3) is 10.9 Å². The molecule has 3 aromatic rings. The van der Waals surface area contributed by atoms with Gasteiger partial charge in [-0.05, 0) is 31.2 Å². The molecule has 1 fully saturated rings. The van der Waals surface area contributed by atoms with Gasteiger partial charge in [-0.1, -0.05) is 12.1 Å². The molecule has 0 N–H and O–H groups in total. The molecule has 0 unspecified atom stereocenters. The summed E-state index contributed by atoms with van der Waals surface area (Å²) in [4.78, 5) is 27.9. The predicted molar refractivity (Wildman–Crippen MR) is 93.1 cm³/mol. The van der Waals surface area contributed by atoms with E-state index in [9.17, 15) is 4.79 Å². The zero-order chi connectivity index (χ0) is 17.2. The molecule has 1 aliphatic heterocycles. The van der Waals surface area contributed by atoms with Crippen molar-refractivity contribution in [2.75, 3.05) is 19.7 Å². The van der Waals surface area contributed by atoms with Crippen molar-refractivity contribution in [1.82, 2.24) is 19.9 Å². The van der Waals surface area contributed by atoms with Crippen LogP contribution in [0.1, 0.15) is 28.0 Å². The van der Waals surface area contributed by atoms with Crippen molar-refractivity contribution in [2.45, 2.75) is 13.0 Å². The highest BCUT2D eigenvalue weighted by atomic mass is 16.5. The number of fused-ring (bicyclic) bond motifs is 1. The number of carbonyl (C=O) groups excluding carboxylic acids is 1. The van der Waals surface area contributed by atoms with Gasteiger partial charge in [0.15, 0.2) is 5.82 Å². The molecule has 2 aromatic heterocycles. The van der Waals surface area contributed by atoms with Crippen LogP contribution in [0.15, 0.2) is 48.8 Å². The molecule has 1 aliphatic rings. The van der Waals surface area contributed by atoms with E-state index in [4.69, 9.17) is 4.74 Å². The average Bonchev–Trinajstić information content (AvgIpc) is 2.67. The lowest BCUT2D eigenvalue weighted by Gasteiger charge is -2.32. The molecular formula is C19H18N4O2. The number of morpholine rings is 1. The minimum absolute atomic E-state index is 0.0143. The number of aryl methyl sites for hydroxylation is 1. The van der Waals surface area contributed by atoms with Gasteiger partial charge >= 0.3 is 0 Å². The Hall–Kier alpha value is -2.86. The van der Waals surface area contributed by atoms with E-state index in [0.717, 1.165) is 16.6 Å². The second-order valence-corrected chi connectivity index (χ2v) is 6.04. The summed E-state index contributed by atoms with van der Waals surface area (Å²) in [6.07, 6.45) is 3.15. The number of amides is 1. The molecule has 0 spiro atoms. The molecule has 0 aliphatic carbocycles. The van der Waals surface area contributed by atoms with Crippen molar-refractivity contribution in [3.8, 4) is 0 Å². The summed E-state index contributed by atoms with van der Waals surface area (Å²) >= 11 is 0. The van der Waals surface area contributed by atoms with Crippen molar-refractivity contribution in [3.05, 3.63) is 65.9 Å². The summed E-state index contributed by atoms with van der Waals surface area (Å²) in [6.45, 7) is 3.38. The Morgan fingerprint density at radius 3 is 2.96 bits per heavy atom. The third kappa shape index (κ3) is 3.08. The van der Waals surface area contributed by atoms with Gasteiger partial charge in [0.2, 0.25) is 0 Å². The first kappa shape index (κ1) is 15.7. The van der Waals surface area contributed by atoms with Crippen LogP contribution in [-0.4, -0.2) is 45.5 Å². The molecule has 1 atom stereocenters. The van der Waals surface area contributed by atoms with Crippen LogP contribution in [0.4, 0.5) is 0 Å². The first-order valence-electron chi connectivity index (χ1n) is 8.26. The van der Waals surface area contributed by atoms with E-state index >= 15 is 0 Å². The normalized spacial score (nSPS) is 17.6. The quantitative estimate of drug-likeness (QED) is 0.720. The highest BCUT2D eigenvalue weighted by Crippen LogP contribution is 2.23. The van der Waals surface area contributed by atoms with Crippen LogP contribution >= 0.6 is 0 Å². The van der Waals surface area contributed by atoms with Gasteiger partial charge in [0.25, 0.3) is 5.91 Å². The van der Waals surface area contributed by atoms with Crippen LogP contribution < -0.4 is 0 Å². The number of rotatable bonds is 2. The molecule has 1 aromatic carbocycles.